The Hall–Kier alpha value is -1.01. The van der Waals surface area contributed by atoms with Crippen molar-refractivity contribution in [2.24, 2.45) is 5.92 Å². The molecule has 1 aromatic heterocycles. The number of likely N-dealkylation sites (tertiary alicyclic amines) is 1. The van der Waals surface area contributed by atoms with Crippen molar-refractivity contribution in [3.05, 3.63) is 18.2 Å². The standard InChI is InChI=1S/C13H22F2N4/c1-18-7-3-11(4-8-18)2-5-16-10-12-17-6-9-19(12)13(14)15/h6,9,11,13,16H,2-5,7-8,10H2,1H3. The second-order valence-electron chi connectivity index (χ2n) is 5.24. The van der Waals surface area contributed by atoms with E-state index in [-0.39, 0.29) is 0 Å². The number of hydrogen-bond acceptors (Lipinski definition) is 3. The smallest absolute Gasteiger partial charge is 0.310 e. The molecule has 0 radical (unpaired) electrons. The molecular formula is C13H22F2N4. The van der Waals surface area contributed by atoms with Crippen molar-refractivity contribution in [3.63, 3.8) is 0 Å². The molecule has 1 saturated heterocycles. The third-order valence-corrected chi connectivity index (χ3v) is 3.81. The number of hydrogen-bond donors (Lipinski definition) is 1. The first-order valence-electron chi connectivity index (χ1n) is 6.86. The van der Waals surface area contributed by atoms with Gasteiger partial charge < -0.3 is 10.2 Å². The summed E-state index contributed by atoms with van der Waals surface area (Å²) in [4.78, 5) is 6.30. The van der Waals surface area contributed by atoms with Crippen molar-refractivity contribution in [1.82, 2.24) is 19.8 Å². The summed E-state index contributed by atoms with van der Waals surface area (Å²) < 4.78 is 26.1. The summed E-state index contributed by atoms with van der Waals surface area (Å²) in [7, 11) is 2.15. The van der Waals surface area contributed by atoms with Gasteiger partial charge in [-0.3, -0.25) is 4.57 Å². The average molecular weight is 272 g/mol. The van der Waals surface area contributed by atoms with Crippen LogP contribution in [0.5, 0.6) is 0 Å². The van der Waals surface area contributed by atoms with Gasteiger partial charge in [-0.25, -0.2) is 4.98 Å². The van der Waals surface area contributed by atoms with Gasteiger partial charge in [-0.05, 0) is 51.9 Å². The van der Waals surface area contributed by atoms with Crippen molar-refractivity contribution >= 4 is 0 Å². The van der Waals surface area contributed by atoms with Crippen molar-refractivity contribution in [3.8, 4) is 0 Å². The summed E-state index contributed by atoms with van der Waals surface area (Å²) in [6.45, 7) is 1.10. The van der Waals surface area contributed by atoms with E-state index in [0.717, 1.165) is 23.5 Å². The summed E-state index contributed by atoms with van der Waals surface area (Å²) in [5, 5.41) is 3.21. The minimum absolute atomic E-state index is 0.401. The van der Waals surface area contributed by atoms with Crippen molar-refractivity contribution in [2.75, 3.05) is 26.7 Å². The highest BCUT2D eigenvalue weighted by Gasteiger charge is 2.16. The van der Waals surface area contributed by atoms with E-state index in [1.54, 1.807) is 0 Å². The average Bonchev–Trinajstić information content (AvgIpc) is 2.85. The van der Waals surface area contributed by atoms with Crippen LogP contribution in [0.1, 0.15) is 31.6 Å². The minimum atomic E-state index is -2.51. The van der Waals surface area contributed by atoms with Crippen LogP contribution in [-0.4, -0.2) is 41.1 Å². The number of halogens is 2. The molecule has 2 heterocycles. The molecule has 1 N–H and O–H groups in total. The fraction of sp³-hybridized carbons (Fsp3) is 0.769. The Morgan fingerprint density at radius 2 is 2.16 bits per heavy atom. The fourth-order valence-electron chi connectivity index (χ4n) is 2.52. The Kier molecular flexibility index (Phi) is 5.27. The molecule has 0 unspecified atom stereocenters. The van der Waals surface area contributed by atoms with Gasteiger partial charge in [0.1, 0.15) is 5.82 Å². The monoisotopic (exact) mass is 272 g/mol. The maximum atomic E-state index is 12.6. The normalized spacial score (nSPS) is 18.3. The summed E-state index contributed by atoms with van der Waals surface area (Å²) in [5.74, 6) is 1.16. The number of alkyl halides is 2. The molecule has 0 bridgehead atoms. The molecular weight excluding hydrogens is 250 g/mol. The lowest BCUT2D eigenvalue weighted by atomic mass is 9.94. The van der Waals surface area contributed by atoms with Crippen molar-refractivity contribution < 1.29 is 8.78 Å². The predicted octanol–water partition coefficient (Wildman–Crippen LogP) is 2.10. The molecule has 0 atom stereocenters. The molecule has 1 fully saturated rings. The van der Waals surface area contributed by atoms with Crippen molar-refractivity contribution in [2.45, 2.75) is 32.4 Å². The van der Waals surface area contributed by atoms with Crippen LogP contribution in [0.25, 0.3) is 0 Å². The molecule has 0 aliphatic carbocycles. The molecule has 1 aliphatic heterocycles. The molecule has 0 spiro atoms. The lowest BCUT2D eigenvalue weighted by Crippen LogP contribution is -2.31. The van der Waals surface area contributed by atoms with Crippen molar-refractivity contribution in [1.29, 1.82) is 0 Å². The summed E-state index contributed by atoms with van der Waals surface area (Å²) >= 11 is 0. The van der Waals surface area contributed by atoms with E-state index in [1.165, 1.54) is 38.3 Å². The molecule has 19 heavy (non-hydrogen) atoms. The first-order valence-corrected chi connectivity index (χ1v) is 6.86. The number of rotatable bonds is 6. The second-order valence-corrected chi connectivity index (χ2v) is 5.24. The molecule has 0 saturated carbocycles. The van der Waals surface area contributed by atoms with E-state index in [4.69, 9.17) is 0 Å². The van der Waals surface area contributed by atoms with Gasteiger partial charge in [0.05, 0.1) is 6.54 Å². The Morgan fingerprint density at radius 3 is 2.84 bits per heavy atom. The summed E-state index contributed by atoms with van der Waals surface area (Å²) in [6.07, 6.45) is 6.33. The zero-order chi connectivity index (χ0) is 13.7. The Morgan fingerprint density at radius 1 is 1.42 bits per heavy atom. The van der Waals surface area contributed by atoms with E-state index in [2.05, 4.69) is 22.2 Å². The molecule has 4 nitrogen and oxygen atoms in total. The van der Waals surface area contributed by atoms with Gasteiger partial charge in [-0.1, -0.05) is 0 Å². The highest BCUT2D eigenvalue weighted by molar-refractivity contribution is 4.92. The maximum absolute atomic E-state index is 12.6. The lowest BCUT2D eigenvalue weighted by molar-refractivity contribution is 0.0666. The van der Waals surface area contributed by atoms with E-state index in [1.807, 2.05) is 0 Å². The molecule has 1 aromatic rings. The minimum Gasteiger partial charge on any atom is -0.310 e. The number of imidazole rings is 1. The lowest BCUT2D eigenvalue weighted by Gasteiger charge is -2.28. The molecule has 0 amide bonds. The number of nitrogens with zero attached hydrogens (tertiary/aromatic N) is 3. The third-order valence-electron chi connectivity index (χ3n) is 3.81. The van der Waals surface area contributed by atoms with Gasteiger partial charge in [-0.2, -0.15) is 8.78 Å². The van der Waals surface area contributed by atoms with E-state index >= 15 is 0 Å². The molecule has 0 aromatic carbocycles. The molecule has 2 rings (SSSR count). The van der Waals surface area contributed by atoms with Gasteiger partial charge in [-0.15, -0.1) is 0 Å². The van der Waals surface area contributed by atoms with E-state index in [0.29, 0.717) is 12.4 Å². The first-order chi connectivity index (χ1) is 9.16. The number of aromatic nitrogens is 2. The Bertz CT molecular complexity index is 372. The summed E-state index contributed by atoms with van der Waals surface area (Å²) in [5.41, 5.74) is 0. The van der Waals surface area contributed by atoms with Crippen LogP contribution in [-0.2, 0) is 6.54 Å². The largest absolute Gasteiger partial charge is 0.319 e. The Balaban J connectivity index is 1.65. The van der Waals surface area contributed by atoms with Gasteiger partial charge >= 0.3 is 6.55 Å². The van der Waals surface area contributed by atoms with Crippen LogP contribution >= 0.6 is 0 Å². The predicted molar refractivity (Wildman–Crippen MR) is 70.0 cm³/mol. The van der Waals surface area contributed by atoms with Crippen LogP contribution in [0.15, 0.2) is 12.4 Å². The Labute approximate surface area is 112 Å². The van der Waals surface area contributed by atoms with Crippen LogP contribution in [0.4, 0.5) is 8.78 Å². The van der Waals surface area contributed by atoms with Gasteiger partial charge in [0.15, 0.2) is 0 Å². The molecule has 6 heteroatoms. The highest BCUT2D eigenvalue weighted by atomic mass is 19.3. The zero-order valence-electron chi connectivity index (χ0n) is 11.4. The van der Waals surface area contributed by atoms with Crippen LogP contribution in [0, 0.1) is 5.92 Å². The van der Waals surface area contributed by atoms with Crippen LogP contribution in [0.2, 0.25) is 0 Å². The van der Waals surface area contributed by atoms with Crippen LogP contribution in [0.3, 0.4) is 0 Å². The molecule has 1 aliphatic rings. The topological polar surface area (TPSA) is 33.1 Å². The van der Waals surface area contributed by atoms with E-state index < -0.39 is 6.55 Å². The third kappa shape index (κ3) is 4.24. The number of nitrogens with one attached hydrogen (secondary N) is 1. The van der Waals surface area contributed by atoms with E-state index in [9.17, 15) is 8.78 Å². The maximum Gasteiger partial charge on any atom is 0.319 e. The zero-order valence-corrected chi connectivity index (χ0v) is 11.4. The quantitative estimate of drug-likeness (QED) is 0.805. The number of piperidine rings is 1. The first kappa shape index (κ1) is 14.4. The SMILES string of the molecule is CN1CCC(CCNCc2nccn2C(F)F)CC1. The van der Waals surface area contributed by atoms with Gasteiger partial charge in [0.25, 0.3) is 0 Å². The highest BCUT2D eigenvalue weighted by Crippen LogP contribution is 2.18. The van der Waals surface area contributed by atoms with Crippen LogP contribution < -0.4 is 5.32 Å². The van der Waals surface area contributed by atoms with Gasteiger partial charge in [0.2, 0.25) is 0 Å². The fourth-order valence-corrected chi connectivity index (χ4v) is 2.52. The second kappa shape index (κ2) is 6.96. The molecule has 108 valence electrons. The van der Waals surface area contributed by atoms with Gasteiger partial charge in [0, 0.05) is 12.4 Å². The summed E-state index contributed by atoms with van der Waals surface area (Å²) in [6, 6.07) is 0.